The van der Waals surface area contributed by atoms with Crippen LogP contribution in [0.1, 0.15) is 11.1 Å². The number of anilines is 10. The van der Waals surface area contributed by atoms with Gasteiger partial charge in [0.1, 0.15) is 14.7 Å². The van der Waals surface area contributed by atoms with Crippen LogP contribution in [0, 0.1) is 0 Å². The Morgan fingerprint density at radius 1 is 0.418 bits per heavy atom. The lowest BCUT2D eigenvalue weighted by Gasteiger charge is -2.22. The molecule has 426 valence electrons. The topological polar surface area (TPSA) is 519 Å². The Hall–Kier alpha value is -7.22. The molecule has 0 spiro atoms. The van der Waals surface area contributed by atoms with Crippen LogP contribution in [0.4, 0.5) is 58.4 Å². The van der Waals surface area contributed by atoms with Crippen LogP contribution >= 0.6 is 0 Å². The van der Waals surface area contributed by atoms with Crippen molar-refractivity contribution < 1.29 is 93.7 Å². The molecule has 2 aromatic heterocycles. The predicted octanol–water partition coefficient (Wildman–Crippen LogP) is -0.0128. The Morgan fingerprint density at radius 2 is 0.772 bits per heavy atom. The van der Waals surface area contributed by atoms with E-state index < -0.39 is 152 Å². The van der Waals surface area contributed by atoms with Gasteiger partial charge in [-0.25, -0.2) is 8.42 Å². The van der Waals surface area contributed by atoms with E-state index in [0.717, 1.165) is 54.6 Å². The molecule has 0 unspecified atom stereocenters. The van der Waals surface area contributed by atoms with Crippen LogP contribution in [0.2, 0.25) is 0 Å². The van der Waals surface area contributed by atoms with E-state index in [2.05, 4.69) is 51.2 Å². The molecule has 33 nitrogen and oxygen atoms in total. The standard InChI is InChI=1S/C40H44N12O21S6/c53-15-11-51(12-16-54)39-47-35(45-37(49-39)43-29-21-27(75(59,60)61)7-9-31(29)74(57)58)41-25-5-3-23(33(19-25)78(68,69)70)1-2-24-4-6-26(20-34(24)79(71,72)73)42-36-46-38(50-40(48-36)52(13-17-55)14-18-56)44-30-22-28(76(62,63)64)8-10-32(30)77(65,66)67/h1-10,19-22,53-56,74H,11-18H2,(H,59,60,61)(H,62,63,64)(H,65,66,67)(H,68,69,70)(H,71,72,73)(H2,41,43,45,47,49)(H2,42,44,46,48,50)/b2-1+. The van der Waals surface area contributed by atoms with Gasteiger partial charge in [0.15, 0.2) is 10.7 Å². The molecule has 0 amide bonds. The average molecular weight is 1220 g/mol. The smallest absolute Gasteiger partial charge is 0.296 e. The highest BCUT2D eigenvalue weighted by Crippen LogP contribution is 2.32. The van der Waals surface area contributed by atoms with E-state index in [1.54, 1.807) is 0 Å². The van der Waals surface area contributed by atoms with Crippen molar-refractivity contribution in [2.45, 2.75) is 29.4 Å². The number of aliphatic hydroxyl groups excluding tert-OH is 4. The summed E-state index contributed by atoms with van der Waals surface area (Å²) >= 11 is 0. The summed E-state index contributed by atoms with van der Waals surface area (Å²) in [4.78, 5) is 22.8. The summed E-state index contributed by atoms with van der Waals surface area (Å²) in [5.74, 6) is -2.65. The molecular weight excluding hydrogens is 1180 g/mol. The lowest BCUT2D eigenvalue weighted by molar-refractivity contribution is 0.279. The molecule has 0 aliphatic rings. The molecule has 4 aromatic carbocycles. The summed E-state index contributed by atoms with van der Waals surface area (Å²) in [6, 6.07) is 10.7. The fraction of sp³-hybridized carbons (Fsp3) is 0.200. The van der Waals surface area contributed by atoms with Crippen molar-refractivity contribution in [3.05, 3.63) is 83.9 Å². The summed E-state index contributed by atoms with van der Waals surface area (Å²) in [5.41, 5.74) is -2.09. The van der Waals surface area contributed by atoms with E-state index in [1.807, 2.05) is 0 Å². The molecule has 6 rings (SSSR count). The van der Waals surface area contributed by atoms with Crippen LogP contribution in [-0.4, -0.2) is 176 Å². The number of thiol groups is 1. The van der Waals surface area contributed by atoms with Gasteiger partial charge < -0.3 is 51.5 Å². The van der Waals surface area contributed by atoms with Gasteiger partial charge in [-0.3, -0.25) is 22.8 Å². The lowest BCUT2D eigenvalue weighted by Crippen LogP contribution is -2.31. The van der Waals surface area contributed by atoms with Gasteiger partial charge in [0.2, 0.25) is 35.7 Å². The van der Waals surface area contributed by atoms with Crippen molar-refractivity contribution in [2.75, 3.05) is 83.7 Å². The van der Waals surface area contributed by atoms with Crippen LogP contribution < -0.4 is 31.1 Å². The minimum Gasteiger partial charge on any atom is -0.395 e. The van der Waals surface area contributed by atoms with Gasteiger partial charge in [-0.2, -0.15) is 72.0 Å². The van der Waals surface area contributed by atoms with Crippen molar-refractivity contribution in [1.29, 1.82) is 0 Å². The Labute approximate surface area is 450 Å². The predicted molar refractivity (Wildman–Crippen MR) is 278 cm³/mol. The molecule has 0 bridgehead atoms. The highest BCUT2D eigenvalue weighted by atomic mass is 32.2. The van der Waals surface area contributed by atoms with Crippen molar-refractivity contribution in [3.63, 3.8) is 0 Å². The molecule has 39 heteroatoms. The number of nitrogens with zero attached hydrogens (tertiary/aromatic N) is 8. The number of benzene rings is 4. The fourth-order valence-electron chi connectivity index (χ4n) is 6.89. The summed E-state index contributed by atoms with van der Waals surface area (Å²) < 4.78 is 197. The molecule has 0 saturated heterocycles. The van der Waals surface area contributed by atoms with Gasteiger partial charge in [0, 0.05) is 37.6 Å². The van der Waals surface area contributed by atoms with Gasteiger partial charge in [0.05, 0.1) is 52.5 Å². The summed E-state index contributed by atoms with van der Waals surface area (Å²) in [6.45, 7) is -2.87. The minimum absolute atomic E-state index is 0.171. The third-order valence-corrected chi connectivity index (χ3v) is 15.5. The Kier molecular flexibility index (Phi) is 19.2. The van der Waals surface area contributed by atoms with Crippen molar-refractivity contribution >= 4 is 132 Å². The number of hydrogen-bond donors (Lipinski definition) is 14. The molecule has 6 aromatic rings. The van der Waals surface area contributed by atoms with Crippen LogP contribution in [0.3, 0.4) is 0 Å². The maximum atomic E-state index is 12.8. The van der Waals surface area contributed by atoms with E-state index in [9.17, 15) is 93.7 Å². The molecule has 0 aliphatic carbocycles. The number of aromatic nitrogens is 6. The van der Waals surface area contributed by atoms with Crippen LogP contribution in [0.15, 0.2) is 102 Å². The first kappa shape index (κ1) is 61.0. The minimum atomic E-state index is -5.18. The molecule has 2 heterocycles. The molecular formula is C40H44N12O21S6. The normalized spacial score (nSPS) is 12.4. The van der Waals surface area contributed by atoms with E-state index in [1.165, 1.54) is 21.9 Å². The molecule has 0 atom stereocenters. The maximum absolute atomic E-state index is 12.8. The third-order valence-electron chi connectivity index (χ3n) is 10.3. The Morgan fingerprint density at radius 3 is 1.13 bits per heavy atom. The van der Waals surface area contributed by atoms with Crippen LogP contribution in [0.25, 0.3) is 12.2 Å². The third kappa shape index (κ3) is 16.2. The molecule has 0 saturated carbocycles. The Bertz CT molecular complexity index is 3970. The first-order valence-corrected chi connectivity index (χ1v) is 30.1. The second-order valence-corrected chi connectivity index (χ2v) is 23.8. The maximum Gasteiger partial charge on any atom is 0.296 e. The number of aliphatic hydroxyl groups is 4. The van der Waals surface area contributed by atoms with Crippen LogP contribution in [-0.2, 0) is 61.3 Å². The van der Waals surface area contributed by atoms with Crippen molar-refractivity contribution in [1.82, 2.24) is 29.9 Å². The SMILES string of the molecule is O=[SH](=O)c1ccc(S(=O)(=O)O)cc1Nc1nc(Nc2ccc(/C=C/c3ccc(Nc4nc(Nc5cc(S(=O)(=O)O)ccc5S(=O)(=O)O)nc(N(CCO)CCO)n4)cc3S(=O)(=O)O)c(S(=O)(=O)O)c2)nc(N(CCO)CCO)n1. The first-order chi connectivity index (χ1) is 36.9. The first-order valence-electron chi connectivity index (χ1n) is 21.7. The van der Waals surface area contributed by atoms with Gasteiger partial charge in [-0.15, -0.1) is 0 Å². The van der Waals surface area contributed by atoms with E-state index in [0.29, 0.717) is 18.2 Å². The zero-order chi connectivity index (χ0) is 58.3. The summed E-state index contributed by atoms with van der Waals surface area (Å²) in [7, 11) is -28.7. The zero-order valence-electron chi connectivity index (χ0n) is 39.7. The van der Waals surface area contributed by atoms with Crippen LogP contribution in [0.5, 0.6) is 0 Å². The fourth-order valence-corrected chi connectivity index (χ4v) is 10.5. The van der Waals surface area contributed by atoms with Crippen molar-refractivity contribution in [3.8, 4) is 0 Å². The highest BCUT2D eigenvalue weighted by molar-refractivity contribution is 7.87. The molecule has 79 heavy (non-hydrogen) atoms. The quantitative estimate of drug-likeness (QED) is 0.0193. The number of rotatable bonds is 26. The van der Waals surface area contributed by atoms with E-state index >= 15 is 0 Å². The zero-order valence-corrected chi connectivity index (χ0v) is 44.7. The van der Waals surface area contributed by atoms with Gasteiger partial charge in [0.25, 0.3) is 50.6 Å². The monoisotopic (exact) mass is 1220 g/mol. The molecule has 0 radical (unpaired) electrons. The average Bonchev–Trinajstić information content (AvgIpc) is 3.35. The largest absolute Gasteiger partial charge is 0.395 e. The molecule has 0 fully saturated rings. The lowest BCUT2D eigenvalue weighted by atomic mass is 10.1. The van der Waals surface area contributed by atoms with Gasteiger partial charge >= 0.3 is 0 Å². The van der Waals surface area contributed by atoms with Crippen molar-refractivity contribution in [2.24, 2.45) is 0 Å². The number of nitrogens with one attached hydrogen (secondary N) is 4. The van der Waals surface area contributed by atoms with Gasteiger partial charge in [-0.05, 0) is 71.8 Å². The second kappa shape index (κ2) is 24.8. The highest BCUT2D eigenvalue weighted by Gasteiger charge is 2.24. The number of hydrogen-bond acceptors (Lipinski definition) is 28. The summed E-state index contributed by atoms with van der Waals surface area (Å²) in [6.07, 6.45) is 2.05. The molecule has 13 N–H and O–H groups in total. The van der Waals surface area contributed by atoms with E-state index in [4.69, 9.17) is 0 Å². The Balaban J connectivity index is 1.37. The summed E-state index contributed by atoms with van der Waals surface area (Å²) in [5, 5.41) is 49.0. The van der Waals surface area contributed by atoms with E-state index in [-0.39, 0.29) is 60.6 Å². The van der Waals surface area contributed by atoms with Gasteiger partial charge in [-0.1, -0.05) is 24.3 Å². The molecule has 0 aliphatic heterocycles. The second-order valence-electron chi connectivity index (χ2n) is 15.7.